The zero-order chi connectivity index (χ0) is 13.4. The van der Waals surface area contributed by atoms with Crippen molar-refractivity contribution in [3.05, 3.63) is 16.0 Å². The summed E-state index contributed by atoms with van der Waals surface area (Å²) in [6.07, 6.45) is 5.31. The maximum absolute atomic E-state index is 5.92. The van der Waals surface area contributed by atoms with Crippen LogP contribution in [-0.4, -0.2) is 28.7 Å². The monoisotopic (exact) mass is 325 g/mol. The third-order valence-electron chi connectivity index (χ3n) is 4.01. The van der Waals surface area contributed by atoms with Crippen LogP contribution in [0.15, 0.2) is 4.47 Å². The third-order valence-corrected chi connectivity index (χ3v) is 4.96. The Hall–Kier alpha value is -0.680. The molecule has 0 spiro atoms. The van der Waals surface area contributed by atoms with Crippen molar-refractivity contribution >= 4 is 21.7 Å². The van der Waals surface area contributed by atoms with Crippen molar-refractivity contribution in [2.24, 2.45) is 0 Å². The lowest BCUT2D eigenvalue weighted by Gasteiger charge is -2.19. The van der Waals surface area contributed by atoms with Gasteiger partial charge in [0.2, 0.25) is 0 Å². The van der Waals surface area contributed by atoms with Crippen LogP contribution < -0.4 is 5.32 Å². The summed E-state index contributed by atoms with van der Waals surface area (Å²) >= 11 is 3.58. The van der Waals surface area contributed by atoms with Crippen molar-refractivity contribution in [2.45, 2.75) is 57.7 Å². The minimum Gasteiger partial charge on any atom is -0.374 e. The first-order valence-corrected chi connectivity index (χ1v) is 7.91. The maximum atomic E-state index is 5.92. The average molecular weight is 326 g/mol. The largest absolute Gasteiger partial charge is 0.374 e. The van der Waals surface area contributed by atoms with Gasteiger partial charge in [0.15, 0.2) is 0 Å². The number of ether oxygens (including phenoxy) is 1. The van der Waals surface area contributed by atoms with Gasteiger partial charge >= 0.3 is 0 Å². The second kappa shape index (κ2) is 5.37. The molecule has 19 heavy (non-hydrogen) atoms. The van der Waals surface area contributed by atoms with Gasteiger partial charge in [-0.05, 0) is 48.5 Å². The van der Waals surface area contributed by atoms with Gasteiger partial charge in [0.05, 0.1) is 22.4 Å². The van der Waals surface area contributed by atoms with E-state index in [-0.39, 0.29) is 0 Å². The fourth-order valence-corrected chi connectivity index (χ4v) is 3.33. The molecule has 2 saturated heterocycles. The molecule has 4 nitrogen and oxygen atoms in total. The molecule has 2 aliphatic rings. The highest BCUT2D eigenvalue weighted by Gasteiger charge is 2.43. The molecule has 104 valence electrons. The number of aromatic nitrogens is 2. The van der Waals surface area contributed by atoms with E-state index in [1.165, 1.54) is 6.42 Å². The molecule has 2 aliphatic heterocycles. The first-order chi connectivity index (χ1) is 9.19. The van der Waals surface area contributed by atoms with Crippen LogP contribution in [-0.2, 0) is 4.74 Å². The maximum Gasteiger partial charge on any atom is 0.144 e. The summed E-state index contributed by atoms with van der Waals surface area (Å²) in [5, 5.41) is 3.37. The summed E-state index contributed by atoms with van der Waals surface area (Å²) in [6, 6.07) is 0. The Balaban J connectivity index is 1.87. The zero-order valence-electron chi connectivity index (χ0n) is 11.4. The molecule has 3 atom stereocenters. The van der Waals surface area contributed by atoms with Gasteiger partial charge < -0.3 is 10.1 Å². The van der Waals surface area contributed by atoms with E-state index < -0.39 is 0 Å². The molecule has 2 bridgehead atoms. The Labute approximate surface area is 122 Å². The topological polar surface area (TPSA) is 47.0 Å². The highest BCUT2D eigenvalue weighted by molar-refractivity contribution is 9.10. The summed E-state index contributed by atoms with van der Waals surface area (Å²) in [4.78, 5) is 9.39. The fraction of sp³-hybridized carbons (Fsp3) is 0.714. The second-order valence-corrected chi connectivity index (χ2v) is 6.27. The van der Waals surface area contributed by atoms with Crippen LogP contribution in [0.2, 0.25) is 0 Å². The zero-order valence-corrected chi connectivity index (χ0v) is 13.0. The predicted octanol–water partition coefficient (Wildman–Crippen LogP) is 3.40. The van der Waals surface area contributed by atoms with Gasteiger partial charge in [0.25, 0.3) is 0 Å². The second-order valence-electron chi connectivity index (χ2n) is 5.47. The van der Waals surface area contributed by atoms with Crippen molar-refractivity contribution in [1.29, 1.82) is 0 Å². The van der Waals surface area contributed by atoms with E-state index in [4.69, 9.17) is 9.72 Å². The first-order valence-electron chi connectivity index (χ1n) is 7.12. The highest BCUT2D eigenvalue weighted by atomic mass is 79.9. The number of anilines is 1. The number of nitrogens with one attached hydrogen (secondary N) is 1. The van der Waals surface area contributed by atoms with Gasteiger partial charge in [-0.3, -0.25) is 0 Å². The van der Waals surface area contributed by atoms with E-state index in [0.717, 1.165) is 47.6 Å². The first kappa shape index (κ1) is 13.3. The SMILES string of the molecule is CCCNc1nc(C2CC3CCC2O3)nc(C)c1Br. The lowest BCUT2D eigenvalue weighted by Crippen LogP contribution is -2.18. The molecule has 0 aromatic carbocycles. The Bertz CT molecular complexity index is 480. The lowest BCUT2D eigenvalue weighted by molar-refractivity contribution is 0.0998. The molecule has 1 aromatic rings. The van der Waals surface area contributed by atoms with E-state index in [1.54, 1.807) is 0 Å². The van der Waals surface area contributed by atoms with Gasteiger partial charge in [-0.1, -0.05) is 6.92 Å². The molecular weight excluding hydrogens is 306 g/mol. The standard InChI is InChI=1S/C14H20BrN3O/c1-3-6-16-14-12(15)8(2)17-13(18-14)10-7-9-4-5-11(10)19-9/h9-11H,3-7H2,1-2H3,(H,16,17,18). The Kier molecular flexibility index (Phi) is 3.76. The van der Waals surface area contributed by atoms with E-state index in [2.05, 4.69) is 33.2 Å². The van der Waals surface area contributed by atoms with Crippen molar-refractivity contribution in [3.8, 4) is 0 Å². The van der Waals surface area contributed by atoms with Crippen LogP contribution in [0.25, 0.3) is 0 Å². The number of nitrogens with zero attached hydrogens (tertiary/aromatic N) is 2. The van der Waals surface area contributed by atoms with Gasteiger partial charge in [-0.2, -0.15) is 0 Å². The molecule has 0 radical (unpaired) electrons. The summed E-state index contributed by atoms with van der Waals surface area (Å²) in [5.74, 6) is 2.26. The Morgan fingerprint density at radius 2 is 2.21 bits per heavy atom. The molecule has 3 heterocycles. The van der Waals surface area contributed by atoms with E-state index >= 15 is 0 Å². The number of hydrogen-bond donors (Lipinski definition) is 1. The van der Waals surface area contributed by atoms with E-state index in [1.807, 2.05) is 6.92 Å². The van der Waals surface area contributed by atoms with Crippen LogP contribution in [0.5, 0.6) is 0 Å². The van der Waals surface area contributed by atoms with Crippen LogP contribution in [0.4, 0.5) is 5.82 Å². The van der Waals surface area contributed by atoms with Gasteiger partial charge in [0, 0.05) is 12.5 Å². The number of fused-ring (bicyclic) bond motifs is 2. The summed E-state index contributed by atoms with van der Waals surface area (Å²) in [5.41, 5.74) is 1.01. The molecule has 0 saturated carbocycles. The molecule has 1 N–H and O–H groups in total. The number of rotatable bonds is 4. The Morgan fingerprint density at radius 3 is 2.84 bits per heavy atom. The normalized spacial score (nSPS) is 28.9. The van der Waals surface area contributed by atoms with Crippen LogP contribution >= 0.6 is 15.9 Å². The Morgan fingerprint density at radius 1 is 1.37 bits per heavy atom. The predicted molar refractivity (Wildman–Crippen MR) is 78.5 cm³/mol. The molecule has 3 unspecified atom stereocenters. The summed E-state index contributed by atoms with van der Waals surface area (Å²) in [7, 11) is 0. The van der Waals surface area contributed by atoms with Crippen LogP contribution in [0, 0.1) is 6.92 Å². The smallest absolute Gasteiger partial charge is 0.144 e. The van der Waals surface area contributed by atoms with Crippen molar-refractivity contribution in [2.75, 3.05) is 11.9 Å². The summed E-state index contributed by atoms with van der Waals surface area (Å²) in [6.45, 7) is 5.11. The van der Waals surface area contributed by atoms with Crippen molar-refractivity contribution in [3.63, 3.8) is 0 Å². The fourth-order valence-electron chi connectivity index (χ4n) is 3.02. The molecule has 0 aliphatic carbocycles. The quantitative estimate of drug-likeness (QED) is 0.921. The lowest BCUT2D eigenvalue weighted by atomic mass is 9.88. The summed E-state index contributed by atoms with van der Waals surface area (Å²) < 4.78 is 6.90. The van der Waals surface area contributed by atoms with Gasteiger partial charge in [-0.25, -0.2) is 9.97 Å². The van der Waals surface area contributed by atoms with Crippen molar-refractivity contribution in [1.82, 2.24) is 9.97 Å². The van der Waals surface area contributed by atoms with E-state index in [9.17, 15) is 0 Å². The van der Waals surface area contributed by atoms with E-state index in [0.29, 0.717) is 18.1 Å². The van der Waals surface area contributed by atoms with Gasteiger partial charge in [-0.15, -0.1) is 0 Å². The van der Waals surface area contributed by atoms with Crippen LogP contribution in [0.1, 0.15) is 50.0 Å². The molecule has 3 rings (SSSR count). The number of hydrogen-bond acceptors (Lipinski definition) is 4. The number of aryl methyl sites for hydroxylation is 1. The minimum absolute atomic E-state index is 0.338. The van der Waals surface area contributed by atoms with Gasteiger partial charge in [0.1, 0.15) is 11.6 Å². The van der Waals surface area contributed by atoms with Crippen LogP contribution in [0.3, 0.4) is 0 Å². The molecule has 0 amide bonds. The highest BCUT2D eigenvalue weighted by Crippen LogP contribution is 2.44. The van der Waals surface area contributed by atoms with Crippen molar-refractivity contribution < 1.29 is 4.74 Å². The molecule has 1 aromatic heterocycles. The molecule has 2 fully saturated rings. The minimum atomic E-state index is 0.338. The molecule has 5 heteroatoms. The number of halogens is 1. The third kappa shape index (κ3) is 2.50. The molecular formula is C14H20BrN3O. The average Bonchev–Trinajstić information content (AvgIpc) is 3.02.